The number of halogens is 1. The summed E-state index contributed by atoms with van der Waals surface area (Å²) in [5, 5.41) is 30.5. The van der Waals surface area contributed by atoms with Crippen molar-refractivity contribution < 1.29 is 28.9 Å². The Kier molecular flexibility index (Phi) is 7.05. The highest BCUT2D eigenvalue weighted by atomic mass is 19.1. The molecule has 2 heterocycles. The summed E-state index contributed by atoms with van der Waals surface area (Å²) in [7, 11) is 0. The highest BCUT2D eigenvalue weighted by Gasteiger charge is 2.42. The Labute approximate surface area is 195 Å². The van der Waals surface area contributed by atoms with Crippen molar-refractivity contribution in [1.29, 1.82) is 5.26 Å². The Morgan fingerprint density at radius 3 is 2.74 bits per heavy atom. The number of anilines is 1. The van der Waals surface area contributed by atoms with E-state index < -0.39 is 24.8 Å². The maximum atomic E-state index is 14.6. The van der Waals surface area contributed by atoms with E-state index in [1.165, 1.54) is 4.90 Å². The summed E-state index contributed by atoms with van der Waals surface area (Å²) < 4.78 is 20.4. The van der Waals surface area contributed by atoms with Crippen molar-refractivity contribution in [2.24, 2.45) is 11.8 Å². The molecule has 2 aromatic rings. The molecule has 2 amide bonds. The zero-order valence-corrected chi connectivity index (χ0v) is 18.4. The minimum atomic E-state index is -1.45. The van der Waals surface area contributed by atoms with Crippen LogP contribution in [-0.2, 0) is 9.59 Å². The van der Waals surface area contributed by atoms with E-state index in [-0.39, 0.29) is 55.2 Å². The third-order valence-corrected chi connectivity index (χ3v) is 6.19. The predicted octanol–water partition coefficient (Wildman–Crippen LogP) is 1.50. The van der Waals surface area contributed by atoms with E-state index in [0.717, 1.165) is 5.56 Å². The number of benzene rings is 1. The van der Waals surface area contributed by atoms with Crippen molar-refractivity contribution in [2.75, 3.05) is 31.6 Å². The second-order valence-electron chi connectivity index (χ2n) is 8.49. The molecule has 0 bridgehead atoms. The second kappa shape index (κ2) is 10.2. The van der Waals surface area contributed by atoms with E-state index in [4.69, 9.17) is 14.9 Å². The van der Waals surface area contributed by atoms with E-state index in [1.54, 1.807) is 36.5 Å². The zero-order chi connectivity index (χ0) is 24.2. The van der Waals surface area contributed by atoms with Crippen LogP contribution < -0.4 is 10.1 Å². The molecule has 1 aromatic carbocycles. The number of rotatable bonds is 7. The lowest BCUT2D eigenvalue weighted by atomic mass is 10.0. The van der Waals surface area contributed by atoms with Gasteiger partial charge in [-0.3, -0.25) is 9.59 Å². The minimum absolute atomic E-state index is 0.000218. The van der Waals surface area contributed by atoms with Crippen molar-refractivity contribution in [3.05, 3.63) is 42.1 Å². The number of alkyl halides is 1. The number of nitrogens with zero attached hydrogens (tertiary/aromatic N) is 3. The molecule has 4 rings (SSSR count). The monoisotopic (exact) mass is 468 g/mol. The van der Waals surface area contributed by atoms with Gasteiger partial charge in [0.1, 0.15) is 30.3 Å². The topological polar surface area (TPSA) is 136 Å². The molecular formula is C24H25FN4O5. The number of aliphatic hydroxyl groups excluding tert-OH is 2. The van der Waals surface area contributed by atoms with Crippen molar-refractivity contribution in [3.8, 4) is 22.9 Å². The first-order valence-electron chi connectivity index (χ1n) is 11.0. The maximum Gasteiger partial charge on any atom is 0.248 e. The fourth-order valence-electron chi connectivity index (χ4n) is 4.07. The van der Waals surface area contributed by atoms with Gasteiger partial charge in [-0.05, 0) is 47.7 Å². The number of ether oxygens (including phenoxy) is 1. The van der Waals surface area contributed by atoms with Crippen LogP contribution in [-0.4, -0.2) is 70.5 Å². The van der Waals surface area contributed by atoms with Crippen LogP contribution in [0.5, 0.6) is 5.75 Å². The molecule has 10 heteroatoms. The van der Waals surface area contributed by atoms with E-state index >= 15 is 0 Å². The molecule has 4 atom stereocenters. The predicted molar refractivity (Wildman–Crippen MR) is 119 cm³/mol. The molecule has 1 aromatic heterocycles. The van der Waals surface area contributed by atoms with Crippen molar-refractivity contribution in [1.82, 2.24) is 9.88 Å². The van der Waals surface area contributed by atoms with Crippen LogP contribution in [0.3, 0.4) is 0 Å². The van der Waals surface area contributed by atoms with Crippen molar-refractivity contribution >= 4 is 17.6 Å². The molecule has 2 fully saturated rings. The number of likely N-dealkylation sites (tertiary alicyclic amines) is 1. The van der Waals surface area contributed by atoms with Gasteiger partial charge in [-0.15, -0.1) is 0 Å². The van der Waals surface area contributed by atoms with Gasteiger partial charge in [-0.2, -0.15) is 5.26 Å². The Hall–Kier alpha value is -3.55. The van der Waals surface area contributed by atoms with Gasteiger partial charge < -0.3 is 25.2 Å². The molecule has 0 radical (unpaired) electrons. The number of aromatic nitrogens is 1. The number of piperidine rings is 1. The third-order valence-electron chi connectivity index (χ3n) is 6.19. The van der Waals surface area contributed by atoms with Gasteiger partial charge in [0, 0.05) is 31.7 Å². The average Bonchev–Trinajstić information content (AvgIpc) is 3.65. The zero-order valence-electron chi connectivity index (χ0n) is 18.4. The average molecular weight is 468 g/mol. The summed E-state index contributed by atoms with van der Waals surface area (Å²) in [4.78, 5) is 29.2. The van der Waals surface area contributed by atoms with Crippen LogP contribution >= 0.6 is 0 Å². The standard InChI is InChI=1S/C24H25FN4O5/c25-19-11-29(23(32)13-31)6-4-21(19)34-20-2-1-14(7-16(20)10-26)15-3-5-27-22(9-15)28-24(33)18-8-17(18)12-30/h1-3,5,7,9,17-19,21,30-31H,4,6,8,11-13H2,(H,27,28,33)/t17-,18-,19-,21+/m1/s1. The van der Waals surface area contributed by atoms with E-state index in [1.807, 2.05) is 0 Å². The van der Waals surface area contributed by atoms with Gasteiger partial charge in [0.2, 0.25) is 11.8 Å². The fraction of sp³-hybridized carbons (Fsp3) is 0.417. The molecule has 1 saturated heterocycles. The number of pyridine rings is 1. The highest BCUT2D eigenvalue weighted by Crippen LogP contribution is 2.38. The molecule has 9 nitrogen and oxygen atoms in total. The van der Waals surface area contributed by atoms with E-state index in [0.29, 0.717) is 17.8 Å². The smallest absolute Gasteiger partial charge is 0.248 e. The highest BCUT2D eigenvalue weighted by molar-refractivity contribution is 5.94. The molecule has 178 valence electrons. The third kappa shape index (κ3) is 5.16. The number of carbonyl (C=O) groups is 2. The number of amides is 2. The number of hydrogen-bond donors (Lipinski definition) is 3. The second-order valence-corrected chi connectivity index (χ2v) is 8.49. The Morgan fingerprint density at radius 1 is 1.26 bits per heavy atom. The number of nitriles is 1. The van der Waals surface area contributed by atoms with Crippen molar-refractivity contribution in [2.45, 2.75) is 25.1 Å². The van der Waals surface area contributed by atoms with Gasteiger partial charge in [0.25, 0.3) is 0 Å². The van der Waals surface area contributed by atoms with Gasteiger partial charge in [0.15, 0.2) is 6.17 Å². The molecule has 1 saturated carbocycles. The molecule has 1 aliphatic heterocycles. The normalized spacial score (nSPS) is 23.6. The first-order chi connectivity index (χ1) is 16.4. The summed E-state index contributed by atoms with van der Waals surface area (Å²) in [6.45, 7) is -0.590. The lowest BCUT2D eigenvalue weighted by Crippen LogP contribution is -2.50. The van der Waals surface area contributed by atoms with Crippen LogP contribution in [0.4, 0.5) is 10.2 Å². The van der Waals surface area contributed by atoms with E-state index in [9.17, 15) is 19.2 Å². The number of nitrogens with one attached hydrogen (secondary N) is 1. The van der Waals surface area contributed by atoms with Crippen LogP contribution in [0.1, 0.15) is 18.4 Å². The van der Waals surface area contributed by atoms with E-state index in [2.05, 4.69) is 16.4 Å². The summed E-state index contributed by atoms with van der Waals surface area (Å²) in [6, 6.07) is 10.5. The SMILES string of the molecule is N#Cc1cc(-c2ccnc(NC(=O)[C@@H]3C[C@@H]3CO)c2)ccc1O[C@H]1CCN(C(=O)CO)C[C@H]1F. The Morgan fingerprint density at radius 2 is 2.06 bits per heavy atom. The van der Waals surface area contributed by atoms with Gasteiger partial charge in [-0.1, -0.05) is 6.07 Å². The summed E-state index contributed by atoms with van der Waals surface area (Å²) in [5.41, 5.74) is 1.65. The lowest BCUT2D eigenvalue weighted by Gasteiger charge is -2.34. The molecule has 3 N–H and O–H groups in total. The maximum absolute atomic E-state index is 14.6. The van der Waals surface area contributed by atoms with Gasteiger partial charge in [0.05, 0.1) is 12.1 Å². The molecular weight excluding hydrogens is 443 g/mol. The van der Waals surface area contributed by atoms with Crippen LogP contribution in [0, 0.1) is 23.2 Å². The summed E-state index contributed by atoms with van der Waals surface area (Å²) >= 11 is 0. The van der Waals surface area contributed by atoms with Crippen LogP contribution in [0.15, 0.2) is 36.5 Å². The molecule has 2 aliphatic rings. The largest absolute Gasteiger partial charge is 0.486 e. The molecule has 1 aliphatic carbocycles. The fourth-order valence-corrected chi connectivity index (χ4v) is 4.07. The Bertz CT molecular complexity index is 1120. The quantitative estimate of drug-likeness (QED) is 0.560. The van der Waals surface area contributed by atoms with Gasteiger partial charge >= 0.3 is 0 Å². The first kappa shape index (κ1) is 23.6. The number of hydrogen-bond acceptors (Lipinski definition) is 7. The Balaban J connectivity index is 1.45. The minimum Gasteiger partial charge on any atom is -0.486 e. The molecule has 0 unspecified atom stereocenters. The lowest BCUT2D eigenvalue weighted by molar-refractivity contribution is -0.138. The van der Waals surface area contributed by atoms with Gasteiger partial charge in [-0.25, -0.2) is 9.37 Å². The number of carbonyl (C=O) groups excluding carboxylic acids is 2. The first-order valence-corrected chi connectivity index (χ1v) is 11.0. The number of aliphatic hydroxyl groups is 2. The molecule has 34 heavy (non-hydrogen) atoms. The van der Waals surface area contributed by atoms with Crippen LogP contribution in [0.2, 0.25) is 0 Å². The molecule has 0 spiro atoms. The van der Waals surface area contributed by atoms with Crippen molar-refractivity contribution in [3.63, 3.8) is 0 Å². The summed E-state index contributed by atoms with van der Waals surface area (Å²) in [6.07, 6.45) is 0.191. The van der Waals surface area contributed by atoms with Crippen LogP contribution in [0.25, 0.3) is 11.1 Å². The summed E-state index contributed by atoms with van der Waals surface area (Å²) in [5.74, 6) is -0.300.